The van der Waals surface area contributed by atoms with Crippen molar-refractivity contribution >= 4 is 0 Å². The highest BCUT2D eigenvalue weighted by Gasteiger charge is 2.28. The molecule has 0 aromatic heterocycles. The van der Waals surface area contributed by atoms with Crippen LogP contribution < -0.4 is 11.1 Å². The first-order valence-corrected chi connectivity index (χ1v) is 7.17. The fraction of sp³-hybridized carbons (Fsp3) is 1.00. The Morgan fingerprint density at radius 1 is 1.42 bits per heavy atom. The van der Waals surface area contributed by atoms with Crippen LogP contribution in [0.4, 0.5) is 8.78 Å². The number of hydrogen-bond donors (Lipinski definition) is 3. The Balaban J connectivity index is 2.47. The van der Waals surface area contributed by atoms with E-state index >= 15 is 0 Å². The van der Waals surface area contributed by atoms with Crippen molar-refractivity contribution < 1.29 is 13.9 Å². The van der Waals surface area contributed by atoms with E-state index in [-0.39, 0.29) is 18.7 Å². The van der Waals surface area contributed by atoms with Crippen LogP contribution in [0.5, 0.6) is 0 Å². The fourth-order valence-corrected chi connectivity index (χ4v) is 2.79. The molecule has 0 aromatic carbocycles. The van der Waals surface area contributed by atoms with Crippen LogP contribution >= 0.6 is 0 Å². The number of nitrogens with zero attached hydrogens (tertiary/aromatic N) is 1. The molecule has 0 aliphatic carbocycles. The molecule has 0 aromatic rings. The summed E-state index contributed by atoms with van der Waals surface area (Å²) in [6.07, 6.45) is -0.277. The highest BCUT2D eigenvalue weighted by atomic mass is 19.3. The predicted octanol–water partition coefficient (Wildman–Crippen LogP) is 0.651. The minimum absolute atomic E-state index is 0.0726. The van der Waals surface area contributed by atoms with Gasteiger partial charge in [0.1, 0.15) is 0 Å². The molecule has 0 amide bonds. The van der Waals surface area contributed by atoms with Gasteiger partial charge in [-0.1, -0.05) is 6.92 Å². The third-order valence-corrected chi connectivity index (χ3v) is 3.70. The summed E-state index contributed by atoms with van der Waals surface area (Å²) in [7, 11) is 0. The first kappa shape index (κ1) is 16.8. The number of aliphatic hydroxyl groups excluding tert-OH is 1. The summed E-state index contributed by atoms with van der Waals surface area (Å²) < 4.78 is 24.5. The first-order valence-electron chi connectivity index (χ1n) is 7.17. The molecule has 1 fully saturated rings. The van der Waals surface area contributed by atoms with E-state index in [1.54, 1.807) is 0 Å². The topological polar surface area (TPSA) is 61.5 Å². The standard InChI is InChI=1S/C13H27F2N3O/c1-2-12(19)6-10-5-11(17-7-13(14)15)9-18(8-10)4-3-16/h10-13,17,19H,2-9,16H2,1H3. The number of alkyl halides is 2. The molecule has 6 heteroatoms. The van der Waals surface area contributed by atoms with Gasteiger partial charge in [-0.2, -0.15) is 0 Å². The van der Waals surface area contributed by atoms with Crippen LogP contribution in [0.1, 0.15) is 26.2 Å². The zero-order valence-corrected chi connectivity index (χ0v) is 11.7. The maximum atomic E-state index is 12.3. The third kappa shape index (κ3) is 6.61. The van der Waals surface area contributed by atoms with Crippen LogP contribution in [-0.2, 0) is 0 Å². The van der Waals surface area contributed by atoms with Crippen LogP contribution in [0.25, 0.3) is 0 Å². The molecular weight excluding hydrogens is 252 g/mol. The van der Waals surface area contributed by atoms with E-state index in [4.69, 9.17) is 5.73 Å². The number of rotatable bonds is 8. The number of hydrogen-bond acceptors (Lipinski definition) is 4. The zero-order chi connectivity index (χ0) is 14.3. The van der Waals surface area contributed by atoms with Gasteiger partial charge in [-0.15, -0.1) is 0 Å². The molecule has 1 rings (SSSR count). The second-order valence-electron chi connectivity index (χ2n) is 5.44. The SMILES string of the molecule is CCC(O)CC1CC(NCC(F)F)CN(CCN)C1. The molecule has 19 heavy (non-hydrogen) atoms. The normalized spacial score (nSPS) is 26.8. The van der Waals surface area contributed by atoms with Crippen molar-refractivity contribution in [2.75, 3.05) is 32.7 Å². The number of likely N-dealkylation sites (tertiary alicyclic amines) is 1. The molecule has 3 unspecified atom stereocenters. The molecule has 3 atom stereocenters. The lowest BCUT2D eigenvalue weighted by Crippen LogP contribution is -2.51. The Hall–Kier alpha value is -0.300. The fourth-order valence-electron chi connectivity index (χ4n) is 2.79. The number of nitrogens with one attached hydrogen (secondary N) is 1. The molecule has 1 saturated heterocycles. The minimum atomic E-state index is -2.32. The van der Waals surface area contributed by atoms with Crippen molar-refractivity contribution in [2.45, 2.75) is 44.8 Å². The predicted molar refractivity (Wildman–Crippen MR) is 72.3 cm³/mol. The second-order valence-corrected chi connectivity index (χ2v) is 5.44. The van der Waals surface area contributed by atoms with Crippen molar-refractivity contribution in [2.24, 2.45) is 11.7 Å². The summed E-state index contributed by atoms with van der Waals surface area (Å²) >= 11 is 0. The van der Waals surface area contributed by atoms with Crippen LogP contribution in [0.2, 0.25) is 0 Å². The molecule has 1 aliphatic heterocycles. The van der Waals surface area contributed by atoms with E-state index < -0.39 is 6.43 Å². The van der Waals surface area contributed by atoms with E-state index in [0.717, 1.165) is 38.9 Å². The van der Waals surface area contributed by atoms with Crippen molar-refractivity contribution in [3.05, 3.63) is 0 Å². The molecule has 4 nitrogen and oxygen atoms in total. The van der Waals surface area contributed by atoms with E-state index in [1.807, 2.05) is 6.92 Å². The molecule has 0 saturated carbocycles. The summed E-state index contributed by atoms with van der Waals surface area (Å²) in [5.74, 6) is 0.352. The summed E-state index contributed by atoms with van der Waals surface area (Å²) in [6.45, 7) is 4.72. The maximum absolute atomic E-state index is 12.3. The molecule has 1 aliphatic rings. The third-order valence-electron chi connectivity index (χ3n) is 3.70. The van der Waals surface area contributed by atoms with Crippen LogP contribution in [-0.4, -0.2) is 61.3 Å². The maximum Gasteiger partial charge on any atom is 0.250 e. The van der Waals surface area contributed by atoms with Gasteiger partial charge in [0, 0.05) is 32.2 Å². The molecule has 0 spiro atoms. The number of aliphatic hydroxyl groups is 1. The van der Waals surface area contributed by atoms with Crippen molar-refractivity contribution in [1.82, 2.24) is 10.2 Å². The molecular formula is C13H27F2N3O. The van der Waals surface area contributed by atoms with E-state index in [0.29, 0.717) is 12.5 Å². The van der Waals surface area contributed by atoms with E-state index in [2.05, 4.69) is 10.2 Å². The number of nitrogens with two attached hydrogens (primary N) is 1. The lowest BCUT2D eigenvalue weighted by Gasteiger charge is -2.38. The monoisotopic (exact) mass is 279 g/mol. The minimum Gasteiger partial charge on any atom is -0.393 e. The van der Waals surface area contributed by atoms with Crippen LogP contribution in [0.3, 0.4) is 0 Å². The van der Waals surface area contributed by atoms with Gasteiger partial charge in [0.15, 0.2) is 0 Å². The van der Waals surface area contributed by atoms with Gasteiger partial charge in [0.2, 0.25) is 0 Å². The van der Waals surface area contributed by atoms with Gasteiger partial charge in [0.25, 0.3) is 6.43 Å². The largest absolute Gasteiger partial charge is 0.393 e. The molecule has 0 radical (unpaired) electrons. The quantitative estimate of drug-likeness (QED) is 0.610. The van der Waals surface area contributed by atoms with E-state index in [9.17, 15) is 13.9 Å². The summed E-state index contributed by atoms with van der Waals surface area (Å²) in [6, 6.07) is 0.0726. The average Bonchev–Trinajstić information content (AvgIpc) is 2.36. The van der Waals surface area contributed by atoms with Crippen LogP contribution in [0.15, 0.2) is 0 Å². The smallest absolute Gasteiger partial charge is 0.250 e. The van der Waals surface area contributed by atoms with Gasteiger partial charge in [0.05, 0.1) is 12.6 Å². The van der Waals surface area contributed by atoms with Gasteiger partial charge in [-0.3, -0.25) is 0 Å². The van der Waals surface area contributed by atoms with E-state index in [1.165, 1.54) is 0 Å². The van der Waals surface area contributed by atoms with Crippen molar-refractivity contribution in [3.8, 4) is 0 Å². The van der Waals surface area contributed by atoms with Gasteiger partial charge >= 0.3 is 0 Å². The Morgan fingerprint density at radius 2 is 2.16 bits per heavy atom. The molecule has 1 heterocycles. The summed E-state index contributed by atoms with van der Waals surface area (Å²) in [5, 5.41) is 12.7. The number of halogens is 2. The highest BCUT2D eigenvalue weighted by Crippen LogP contribution is 2.22. The Bertz CT molecular complexity index is 244. The molecule has 0 bridgehead atoms. The molecule has 4 N–H and O–H groups in total. The second kappa shape index (κ2) is 8.79. The first-order chi connectivity index (χ1) is 9.05. The summed E-state index contributed by atoms with van der Waals surface area (Å²) in [4.78, 5) is 2.21. The Kier molecular flexibility index (Phi) is 7.75. The lowest BCUT2D eigenvalue weighted by molar-refractivity contribution is 0.0768. The van der Waals surface area contributed by atoms with Crippen molar-refractivity contribution in [1.29, 1.82) is 0 Å². The van der Waals surface area contributed by atoms with Crippen LogP contribution in [0, 0.1) is 5.92 Å². The number of piperidine rings is 1. The summed E-state index contributed by atoms with van der Waals surface area (Å²) in [5.41, 5.74) is 5.57. The van der Waals surface area contributed by atoms with Gasteiger partial charge in [-0.25, -0.2) is 8.78 Å². The Morgan fingerprint density at radius 3 is 2.74 bits per heavy atom. The zero-order valence-electron chi connectivity index (χ0n) is 11.7. The molecule has 114 valence electrons. The highest BCUT2D eigenvalue weighted by molar-refractivity contribution is 4.84. The average molecular weight is 279 g/mol. The Labute approximate surface area is 114 Å². The van der Waals surface area contributed by atoms with Gasteiger partial charge in [-0.05, 0) is 25.2 Å². The lowest BCUT2D eigenvalue weighted by atomic mass is 9.89. The van der Waals surface area contributed by atoms with Gasteiger partial charge < -0.3 is 21.1 Å². The van der Waals surface area contributed by atoms with Crippen molar-refractivity contribution in [3.63, 3.8) is 0 Å².